The third kappa shape index (κ3) is 2.34. The Bertz CT molecular complexity index is 512. The molecular weight excluding hydrogens is 218 g/mol. The Balaban J connectivity index is 2.35. The van der Waals surface area contributed by atoms with Crippen LogP contribution in [0.2, 0.25) is 0 Å². The molecule has 17 heavy (non-hydrogen) atoms. The van der Waals surface area contributed by atoms with Crippen LogP contribution in [0.4, 0.5) is 5.82 Å². The quantitative estimate of drug-likeness (QED) is 0.830. The minimum absolute atomic E-state index is 0.158. The molecule has 0 saturated heterocycles. The van der Waals surface area contributed by atoms with Crippen molar-refractivity contribution in [2.45, 2.75) is 6.61 Å². The van der Waals surface area contributed by atoms with Crippen LogP contribution in [-0.2, 0) is 6.61 Å². The zero-order chi connectivity index (χ0) is 12.3. The Hall–Kier alpha value is -2.14. The highest BCUT2D eigenvalue weighted by Crippen LogP contribution is 2.20. The van der Waals surface area contributed by atoms with Crippen molar-refractivity contribution >= 4 is 5.82 Å². The van der Waals surface area contributed by atoms with Gasteiger partial charge in [0.15, 0.2) is 5.82 Å². The van der Waals surface area contributed by atoms with Gasteiger partial charge in [-0.2, -0.15) is 0 Å². The maximum atomic E-state index is 8.97. The molecule has 0 bridgehead atoms. The van der Waals surface area contributed by atoms with Gasteiger partial charge in [-0.1, -0.05) is 0 Å². The van der Waals surface area contributed by atoms with E-state index in [1.807, 2.05) is 24.3 Å². The zero-order valence-corrected chi connectivity index (χ0v) is 9.42. The van der Waals surface area contributed by atoms with E-state index in [0.717, 1.165) is 11.3 Å². The van der Waals surface area contributed by atoms with Gasteiger partial charge in [-0.15, -0.1) is 0 Å². The van der Waals surface area contributed by atoms with E-state index in [1.165, 1.54) is 6.20 Å². The average Bonchev–Trinajstić information content (AvgIpc) is 2.39. The summed E-state index contributed by atoms with van der Waals surface area (Å²) in [5.74, 6) is 1.60. The van der Waals surface area contributed by atoms with Crippen molar-refractivity contribution in [2.24, 2.45) is 0 Å². The minimum atomic E-state index is -0.158. The Morgan fingerprint density at radius 2 is 2.00 bits per heavy atom. The molecule has 0 aliphatic heterocycles. The fourth-order valence-corrected chi connectivity index (χ4v) is 1.42. The largest absolute Gasteiger partial charge is 0.497 e. The van der Waals surface area contributed by atoms with Gasteiger partial charge >= 0.3 is 0 Å². The third-order valence-electron chi connectivity index (χ3n) is 2.42. The standard InChI is InChI=1S/C12H13N3O2/c1-17-10-4-2-8(3-5-10)12-14-6-9(7-16)11(13)15-12/h2-6,16H,7H2,1H3,(H2,13,14,15). The second-order valence-corrected chi connectivity index (χ2v) is 3.49. The highest BCUT2D eigenvalue weighted by atomic mass is 16.5. The van der Waals surface area contributed by atoms with Crippen molar-refractivity contribution in [2.75, 3.05) is 12.8 Å². The van der Waals surface area contributed by atoms with Gasteiger partial charge in [0.1, 0.15) is 11.6 Å². The van der Waals surface area contributed by atoms with Gasteiger partial charge in [0.2, 0.25) is 0 Å². The average molecular weight is 231 g/mol. The number of ether oxygens (including phenoxy) is 1. The summed E-state index contributed by atoms with van der Waals surface area (Å²) in [6.45, 7) is -0.158. The molecule has 0 unspecified atom stereocenters. The van der Waals surface area contributed by atoms with Crippen molar-refractivity contribution in [3.8, 4) is 17.1 Å². The number of nitrogens with zero attached hydrogens (tertiary/aromatic N) is 2. The normalized spacial score (nSPS) is 10.2. The molecule has 0 fully saturated rings. The maximum absolute atomic E-state index is 8.97. The first-order valence-electron chi connectivity index (χ1n) is 5.11. The van der Waals surface area contributed by atoms with E-state index in [-0.39, 0.29) is 6.61 Å². The number of aromatic nitrogens is 2. The number of aliphatic hydroxyl groups is 1. The summed E-state index contributed by atoms with van der Waals surface area (Å²) in [6.07, 6.45) is 1.53. The summed E-state index contributed by atoms with van der Waals surface area (Å²) < 4.78 is 5.07. The van der Waals surface area contributed by atoms with Crippen LogP contribution in [0.1, 0.15) is 5.56 Å². The first kappa shape index (κ1) is 11.3. The SMILES string of the molecule is COc1ccc(-c2ncc(CO)c(N)n2)cc1. The van der Waals surface area contributed by atoms with E-state index < -0.39 is 0 Å². The molecule has 2 rings (SSSR count). The summed E-state index contributed by atoms with van der Waals surface area (Å²) in [7, 11) is 1.61. The Labute approximate surface area is 98.9 Å². The monoisotopic (exact) mass is 231 g/mol. The second kappa shape index (κ2) is 4.80. The molecule has 0 radical (unpaired) electrons. The fraction of sp³-hybridized carbons (Fsp3) is 0.167. The van der Waals surface area contributed by atoms with E-state index in [1.54, 1.807) is 7.11 Å². The van der Waals surface area contributed by atoms with Crippen LogP contribution in [0.15, 0.2) is 30.5 Å². The van der Waals surface area contributed by atoms with E-state index in [2.05, 4.69) is 9.97 Å². The molecule has 5 nitrogen and oxygen atoms in total. The molecule has 0 aliphatic carbocycles. The molecule has 0 atom stereocenters. The first-order chi connectivity index (χ1) is 8.24. The molecule has 3 N–H and O–H groups in total. The fourth-order valence-electron chi connectivity index (χ4n) is 1.42. The molecular formula is C12H13N3O2. The van der Waals surface area contributed by atoms with Crippen molar-refractivity contribution in [3.63, 3.8) is 0 Å². The van der Waals surface area contributed by atoms with Crippen LogP contribution < -0.4 is 10.5 Å². The number of aliphatic hydroxyl groups excluding tert-OH is 1. The Morgan fingerprint density at radius 1 is 1.29 bits per heavy atom. The number of rotatable bonds is 3. The number of hydrogen-bond acceptors (Lipinski definition) is 5. The van der Waals surface area contributed by atoms with Gasteiger partial charge in [0.25, 0.3) is 0 Å². The smallest absolute Gasteiger partial charge is 0.161 e. The van der Waals surface area contributed by atoms with Crippen LogP contribution in [0.25, 0.3) is 11.4 Å². The summed E-state index contributed by atoms with van der Waals surface area (Å²) in [4.78, 5) is 8.28. The van der Waals surface area contributed by atoms with Crippen molar-refractivity contribution < 1.29 is 9.84 Å². The summed E-state index contributed by atoms with van der Waals surface area (Å²) in [6, 6.07) is 7.36. The molecule has 1 aromatic carbocycles. The lowest BCUT2D eigenvalue weighted by Gasteiger charge is -2.05. The molecule has 0 aliphatic rings. The van der Waals surface area contributed by atoms with Gasteiger partial charge in [-0.05, 0) is 24.3 Å². The lowest BCUT2D eigenvalue weighted by molar-refractivity contribution is 0.281. The molecule has 1 heterocycles. The van der Waals surface area contributed by atoms with Crippen LogP contribution in [-0.4, -0.2) is 22.2 Å². The number of benzene rings is 1. The van der Waals surface area contributed by atoms with Crippen molar-refractivity contribution in [1.82, 2.24) is 9.97 Å². The van der Waals surface area contributed by atoms with Gasteiger partial charge in [0.05, 0.1) is 13.7 Å². The molecule has 0 amide bonds. The van der Waals surface area contributed by atoms with Crippen molar-refractivity contribution in [3.05, 3.63) is 36.0 Å². The highest BCUT2D eigenvalue weighted by Gasteiger charge is 2.05. The van der Waals surface area contributed by atoms with Gasteiger partial charge < -0.3 is 15.6 Å². The molecule has 88 valence electrons. The maximum Gasteiger partial charge on any atom is 0.161 e. The van der Waals surface area contributed by atoms with E-state index >= 15 is 0 Å². The third-order valence-corrected chi connectivity index (χ3v) is 2.42. The first-order valence-corrected chi connectivity index (χ1v) is 5.11. The Kier molecular flexibility index (Phi) is 3.20. The van der Waals surface area contributed by atoms with Gasteiger partial charge in [-0.3, -0.25) is 0 Å². The Morgan fingerprint density at radius 3 is 2.53 bits per heavy atom. The van der Waals surface area contributed by atoms with Gasteiger partial charge in [-0.25, -0.2) is 9.97 Å². The summed E-state index contributed by atoms with van der Waals surface area (Å²) >= 11 is 0. The highest BCUT2D eigenvalue weighted by molar-refractivity contribution is 5.58. The van der Waals surface area contributed by atoms with Crippen LogP contribution >= 0.6 is 0 Å². The zero-order valence-electron chi connectivity index (χ0n) is 9.42. The van der Waals surface area contributed by atoms with E-state index in [9.17, 15) is 0 Å². The van der Waals surface area contributed by atoms with E-state index in [0.29, 0.717) is 17.2 Å². The number of methoxy groups -OCH3 is 1. The molecule has 5 heteroatoms. The second-order valence-electron chi connectivity index (χ2n) is 3.49. The minimum Gasteiger partial charge on any atom is -0.497 e. The number of hydrogen-bond donors (Lipinski definition) is 2. The van der Waals surface area contributed by atoms with Gasteiger partial charge in [0, 0.05) is 17.3 Å². The van der Waals surface area contributed by atoms with Crippen LogP contribution in [0.3, 0.4) is 0 Å². The van der Waals surface area contributed by atoms with Crippen LogP contribution in [0.5, 0.6) is 5.75 Å². The molecule has 2 aromatic rings. The van der Waals surface area contributed by atoms with Crippen molar-refractivity contribution in [1.29, 1.82) is 0 Å². The lowest BCUT2D eigenvalue weighted by atomic mass is 10.2. The lowest BCUT2D eigenvalue weighted by Crippen LogP contribution is -2.01. The number of anilines is 1. The topological polar surface area (TPSA) is 81.3 Å². The number of nitrogen functional groups attached to an aromatic ring is 1. The predicted octanol–water partition coefficient (Wildman–Crippen LogP) is 1.23. The molecule has 0 spiro atoms. The number of nitrogens with two attached hydrogens (primary N) is 1. The summed E-state index contributed by atoms with van der Waals surface area (Å²) in [5.41, 5.74) is 7.07. The molecule has 0 saturated carbocycles. The van der Waals surface area contributed by atoms with E-state index in [4.69, 9.17) is 15.6 Å². The molecule has 1 aromatic heterocycles. The predicted molar refractivity (Wildman–Crippen MR) is 64.4 cm³/mol. The van der Waals surface area contributed by atoms with Crippen LogP contribution in [0, 0.1) is 0 Å². The summed E-state index contributed by atoms with van der Waals surface area (Å²) in [5, 5.41) is 8.97.